The predicted molar refractivity (Wildman–Crippen MR) is 120 cm³/mol. The summed E-state index contributed by atoms with van der Waals surface area (Å²) in [6, 6.07) is 11.9. The summed E-state index contributed by atoms with van der Waals surface area (Å²) < 4.78 is 11.1. The van der Waals surface area contributed by atoms with Crippen LogP contribution in [-0.2, 0) is 16.0 Å². The molecule has 3 rings (SSSR count). The number of halogens is 2. The predicted octanol–water partition coefficient (Wildman–Crippen LogP) is 4.73. The van der Waals surface area contributed by atoms with Crippen LogP contribution in [0.15, 0.2) is 53.1 Å². The number of aromatic nitrogens is 1. The fourth-order valence-electron chi connectivity index (χ4n) is 2.72. The standard InChI is InChI=1S/C22H21Cl2N3O4/c1-2-25-21(29)13-30-16-6-4-15(5-7-16)27-20(28)9-10-22-26-12-19(31-22)17-8-3-14(23)11-18(17)24/h3-8,11-12H,2,9-10,13H2,1H3,(H,25,29)(H,27,28). The fraction of sp³-hybridized carbons (Fsp3) is 0.227. The highest BCUT2D eigenvalue weighted by molar-refractivity contribution is 6.36. The molecule has 3 aromatic rings. The lowest BCUT2D eigenvalue weighted by molar-refractivity contribution is -0.123. The van der Waals surface area contributed by atoms with Gasteiger partial charge in [-0.05, 0) is 49.4 Å². The molecule has 0 saturated heterocycles. The van der Waals surface area contributed by atoms with Crippen molar-refractivity contribution in [3.8, 4) is 17.1 Å². The van der Waals surface area contributed by atoms with Crippen LogP contribution >= 0.6 is 23.2 Å². The summed E-state index contributed by atoms with van der Waals surface area (Å²) >= 11 is 12.1. The molecule has 0 saturated carbocycles. The number of amides is 2. The minimum Gasteiger partial charge on any atom is -0.484 e. The van der Waals surface area contributed by atoms with Crippen LogP contribution < -0.4 is 15.4 Å². The smallest absolute Gasteiger partial charge is 0.257 e. The van der Waals surface area contributed by atoms with Crippen molar-refractivity contribution in [2.45, 2.75) is 19.8 Å². The van der Waals surface area contributed by atoms with E-state index in [1.807, 2.05) is 6.92 Å². The molecule has 2 amide bonds. The molecule has 0 fully saturated rings. The molecule has 0 radical (unpaired) electrons. The summed E-state index contributed by atoms with van der Waals surface area (Å²) in [7, 11) is 0. The Balaban J connectivity index is 1.48. The lowest BCUT2D eigenvalue weighted by atomic mass is 10.2. The maximum atomic E-state index is 12.2. The molecule has 1 heterocycles. The van der Waals surface area contributed by atoms with E-state index in [0.29, 0.717) is 51.7 Å². The number of hydrogen-bond donors (Lipinski definition) is 2. The molecule has 7 nitrogen and oxygen atoms in total. The van der Waals surface area contributed by atoms with Gasteiger partial charge in [0.15, 0.2) is 18.3 Å². The Morgan fingerprint density at radius 1 is 1.10 bits per heavy atom. The molecule has 9 heteroatoms. The summed E-state index contributed by atoms with van der Waals surface area (Å²) in [6.45, 7) is 2.33. The number of ether oxygens (including phenoxy) is 1. The molecule has 0 aliphatic heterocycles. The van der Waals surface area contributed by atoms with Crippen LogP contribution in [0.1, 0.15) is 19.2 Å². The van der Waals surface area contributed by atoms with Gasteiger partial charge in [-0.15, -0.1) is 0 Å². The molecule has 31 heavy (non-hydrogen) atoms. The minimum atomic E-state index is -0.187. The van der Waals surface area contributed by atoms with Crippen molar-refractivity contribution >= 4 is 40.7 Å². The van der Waals surface area contributed by atoms with Crippen molar-refractivity contribution in [1.82, 2.24) is 10.3 Å². The first-order chi connectivity index (χ1) is 14.9. The number of carbonyl (C=O) groups excluding carboxylic acids is 2. The van der Waals surface area contributed by atoms with E-state index in [4.69, 9.17) is 32.4 Å². The van der Waals surface area contributed by atoms with Gasteiger partial charge in [0.05, 0.1) is 11.2 Å². The van der Waals surface area contributed by atoms with Crippen molar-refractivity contribution in [2.24, 2.45) is 0 Å². The third-order valence-corrected chi connectivity index (χ3v) is 4.75. The highest BCUT2D eigenvalue weighted by atomic mass is 35.5. The zero-order valence-electron chi connectivity index (χ0n) is 16.8. The van der Waals surface area contributed by atoms with Crippen molar-refractivity contribution in [3.63, 3.8) is 0 Å². The molecule has 0 atom stereocenters. The first-order valence-corrected chi connectivity index (χ1v) is 10.4. The molecule has 1 aromatic heterocycles. The van der Waals surface area contributed by atoms with Gasteiger partial charge >= 0.3 is 0 Å². The van der Waals surface area contributed by atoms with Crippen LogP contribution in [0, 0.1) is 0 Å². The molecule has 0 bridgehead atoms. The Hall–Kier alpha value is -3.03. The molecule has 0 aliphatic carbocycles. The third-order valence-electron chi connectivity index (χ3n) is 4.20. The second-order valence-corrected chi connectivity index (χ2v) is 7.40. The summed E-state index contributed by atoms with van der Waals surface area (Å²) in [5.74, 6) is 1.12. The lowest BCUT2D eigenvalue weighted by Gasteiger charge is -2.08. The number of rotatable bonds is 9. The monoisotopic (exact) mass is 461 g/mol. The maximum Gasteiger partial charge on any atom is 0.257 e. The molecular formula is C22H21Cl2N3O4. The van der Waals surface area contributed by atoms with Crippen LogP contribution in [0.2, 0.25) is 10.0 Å². The lowest BCUT2D eigenvalue weighted by Crippen LogP contribution is -2.28. The van der Waals surface area contributed by atoms with Gasteiger partial charge in [0.1, 0.15) is 5.75 Å². The van der Waals surface area contributed by atoms with Gasteiger partial charge in [-0.25, -0.2) is 4.98 Å². The molecule has 2 aromatic carbocycles. The number of nitrogens with one attached hydrogen (secondary N) is 2. The highest BCUT2D eigenvalue weighted by Gasteiger charge is 2.12. The summed E-state index contributed by atoms with van der Waals surface area (Å²) in [6.07, 6.45) is 2.11. The van der Waals surface area contributed by atoms with E-state index in [1.54, 1.807) is 48.7 Å². The van der Waals surface area contributed by atoms with Gasteiger partial charge in [-0.2, -0.15) is 0 Å². The number of nitrogens with zero attached hydrogens (tertiary/aromatic N) is 1. The van der Waals surface area contributed by atoms with E-state index < -0.39 is 0 Å². The Kier molecular flexibility index (Phi) is 7.92. The van der Waals surface area contributed by atoms with Crippen molar-refractivity contribution < 1.29 is 18.7 Å². The quantitative estimate of drug-likeness (QED) is 0.480. The minimum absolute atomic E-state index is 0.0566. The van der Waals surface area contributed by atoms with Crippen molar-refractivity contribution in [1.29, 1.82) is 0 Å². The third kappa shape index (κ3) is 6.73. The van der Waals surface area contributed by atoms with E-state index in [1.165, 1.54) is 0 Å². The van der Waals surface area contributed by atoms with Crippen LogP contribution in [-0.4, -0.2) is 29.9 Å². The molecule has 162 valence electrons. The maximum absolute atomic E-state index is 12.2. The van der Waals surface area contributed by atoms with Crippen LogP contribution in [0.3, 0.4) is 0 Å². The first-order valence-electron chi connectivity index (χ1n) is 9.64. The molecule has 2 N–H and O–H groups in total. The highest BCUT2D eigenvalue weighted by Crippen LogP contribution is 2.30. The number of likely N-dealkylation sites (N-methyl/N-ethyl adjacent to an activating group) is 1. The Bertz CT molecular complexity index is 1050. The summed E-state index contributed by atoms with van der Waals surface area (Å²) in [5, 5.41) is 6.45. The SMILES string of the molecule is CCNC(=O)COc1ccc(NC(=O)CCc2ncc(-c3ccc(Cl)cc3Cl)o2)cc1. The van der Waals surface area contributed by atoms with E-state index in [9.17, 15) is 9.59 Å². The molecular weight excluding hydrogens is 441 g/mol. The number of aryl methyl sites for hydroxylation is 1. The van der Waals surface area contributed by atoms with Crippen molar-refractivity contribution in [3.05, 3.63) is 64.6 Å². The average molecular weight is 462 g/mol. The van der Waals surface area contributed by atoms with Gasteiger partial charge in [0.2, 0.25) is 5.91 Å². The van der Waals surface area contributed by atoms with Crippen LogP contribution in [0.5, 0.6) is 5.75 Å². The summed E-state index contributed by atoms with van der Waals surface area (Å²) in [5.41, 5.74) is 1.31. The number of hydrogen-bond acceptors (Lipinski definition) is 5. The van der Waals surface area contributed by atoms with E-state index in [-0.39, 0.29) is 24.8 Å². The van der Waals surface area contributed by atoms with Gasteiger partial charge in [0.25, 0.3) is 5.91 Å². The van der Waals surface area contributed by atoms with E-state index in [2.05, 4.69) is 15.6 Å². The van der Waals surface area contributed by atoms with Crippen LogP contribution in [0.25, 0.3) is 11.3 Å². The van der Waals surface area contributed by atoms with Gasteiger partial charge in [0, 0.05) is 35.7 Å². The Labute approximate surface area is 189 Å². The number of anilines is 1. The first kappa shape index (κ1) is 22.7. The van der Waals surface area contributed by atoms with Gasteiger partial charge in [-0.3, -0.25) is 9.59 Å². The van der Waals surface area contributed by atoms with E-state index in [0.717, 1.165) is 0 Å². The largest absolute Gasteiger partial charge is 0.484 e. The number of oxazole rings is 1. The summed E-state index contributed by atoms with van der Waals surface area (Å²) in [4.78, 5) is 27.8. The Morgan fingerprint density at radius 3 is 2.58 bits per heavy atom. The van der Waals surface area contributed by atoms with Crippen LogP contribution in [0.4, 0.5) is 5.69 Å². The van der Waals surface area contributed by atoms with E-state index >= 15 is 0 Å². The normalized spacial score (nSPS) is 10.5. The second kappa shape index (κ2) is 10.8. The van der Waals surface area contributed by atoms with Gasteiger partial charge < -0.3 is 19.8 Å². The molecule has 0 spiro atoms. The fourth-order valence-corrected chi connectivity index (χ4v) is 3.22. The zero-order chi connectivity index (χ0) is 22.2. The molecule has 0 aliphatic rings. The second-order valence-electron chi connectivity index (χ2n) is 6.56. The number of carbonyl (C=O) groups is 2. The number of benzene rings is 2. The van der Waals surface area contributed by atoms with Crippen molar-refractivity contribution in [2.75, 3.05) is 18.5 Å². The molecule has 0 unspecified atom stereocenters. The topological polar surface area (TPSA) is 93.5 Å². The zero-order valence-corrected chi connectivity index (χ0v) is 18.3. The Morgan fingerprint density at radius 2 is 1.87 bits per heavy atom. The van der Waals surface area contributed by atoms with Gasteiger partial charge in [-0.1, -0.05) is 23.2 Å². The average Bonchev–Trinajstić information content (AvgIpc) is 3.21.